The Labute approximate surface area is 115 Å². The first-order chi connectivity index (χ1) is 9.10. The van der Waals surface area contributed by atoms with Crippen LogP contribution in [0, 0.1) is 11.7 Å². The number of halogens is 1. The Hall–Kier alpha value is -1.09. The van der Waals surface area contributed by atoms with E-state index in [-0.39, 0.29) is 11.9 Å². The first-order valence-corrected chi connectivity index (χ1v) is 7.19. The van der Waals surface area contributed by atoms with E-state index in [2.05, 4.69) is 19.2 Å². The van der Waals surface area contributed by atoms with E-state index in [1.807, 2.05) is 6.07 Å². The highest BCUT2D eigenvalue weighted by atomic mass is 19.1. The van der Waals surface area contributed by atoms with Gasteiger partial charge in [0.1, 0.15) is 0 Å². The average molecular weight is 265 g/mol. The molecule has 1 aromatic rings. The molecule has 0 aliphatic heterocycles. The molecule has 0 heterocycles. The van der Waals surface area contributed by atoms with Crippen LogP contribution in [-0.4, -0.2) is 13.2 Å². The van der Waals surface area contributed by atoms with E-state index in [1.165, 1.54) is 38.9 Å². The molecule has 0 bridgehead atoms. The first kappa shape index (κ1) is 14.3. The molecule has 1 atom stereocenters. The standard InChI is InChI=1S/C16H24FNO/c1-11-4-7-14(8-5-11)18-12(2)13-6-9-15(17)16(10-13)19-3/h6,9-12,14,18H,4-5,7-8H2,1-3H3. The molecule has 1 N–H and O–H groups in total. The van der Waals surface area contributed by atoms with Gasteiger partial charge in [0.05, 0.1) is 7.11 Å². The van der Waals surface area contributed by atoms with Gasteiger partial charge < -0.3 is 10.1 Å². The van der Waals surface area contributed by atoms with E-state index in [0.29, 0.717) is 11.8 Å². The Bertz CT molecular complexity index is 413. The van der Waals surface area contributed by atoms with Gasteiger partial charge in [-0.1, -0.05) is 13.0 Å². The fourth-order valence-corrected chi connectivity index (χ4v) is 2.82. The van der Waals surface area contributed by atoms with Crippen molar-refractivity contribution in [1.82, 2.24) is 5.32 Å². The molecule has 1 saturated carbocycles. The smallest absolute Gasteiger partial charge is 0.165 e. The summed E-state index contributed by atoms with van der Waals surface area (Å²) >= 11 is 0. The lowest BCUT2D eigenvalue weighted by Crippen LogP contribution is -2.34. The second kappa shape index (κ2) is 6.38. The highest BCUT2D eigenvalue weighted by Crippen LogP contribution is 2.27. The minimum Gasteiger partial charge on any atom is -0.494 e. The summed E-state index contributed by atoms with van der Waals surface area (Å²) in [7, 11) is 1.50. The third kappa shape index (κ3) is 3.69. The number of ether oxygens (including phenoxy) is 1. The zero-order valence-corrected chi connectivity index (χ0v) is 12.1. The van der Waals surface area contributed by atoms with Crippen LogP contribution < -0.4 is 10.1 Å². The van der Waals surface area contributed by atoms with Gasteiger partial charge in [-0.15, -0.1) is 0 Å². The number of hydrogen-bond acceptors (Lipinski definition) is 2. The maximum Gasteiger partial charge on any atom is 0.165 e. The molecule has 1 aromatic carbocycles. The number of rotatable bonds is 4. The molecule has 1 aliphatic carbocycles. The van der Waals surface area contributed by atoms with Crippen LogP contribution in [0.1, 0.15) is 51.1 Å². The Morgan fingerprint density at radius 3 is 2.58 bits per heavy atom. The Morgan fingerprint density at radius 2 is 1.95 bits per heavy atom. The normalized spacial score (nSPS) is 25.1. The first-order valence-electron chi connectivity index (χ1n) is 7.19. The van der Waals surface area contributed by atoms with E-state index >= 15 is 0 Å². The van der Waals surface area contributed by atoms with Crippen LogP contribution in [0.5, 0.6) is 5.75 Å². The zero-order valence-electron chi connectivity index (χ0n) is 12.1. The predicted molar refractivity (Wildman–Crippen MR) is 75.9 cm³/mol. The van der Waals surface area contributed by atoms with Crippen molar-refractivity contribution in [3.8, 4) is 5.75 Å². The van der Waals surface area contributed by atoms with Gasteiger partial charge in [-0.3, -0.25) is 0 Å². The van der Waals surface area contributed by atoms with E-state index in [4.69, 9.17) is 4.74 Å². The second-order valence-electron chi connectivity index (χ2n) is 5.74. The molecule has 2 nitrogen and oxygen atoms in total. The summed E-state index contributed by atoms with van der Waals surface area (Å²) in [5.41, 5.74) is 1.08. The lowest BCUT2D eigenvalue weighted by Gasteiger charge is -2.30. The fourth-order valence-electron chi connectivity index (χ4n) is 2.82. The maximum atomic E-state index is 13.4. The highest BCUT2D eigenvalue weighted by Gasteiger charge is 2.20. The summed E-state index contributed by atoms with van der Waals surface area (Å²) in [6.07, 6.45) is 5.09. The molecular formula is C16H24FNO. The number of nitrogens with one attached hydrogen (secondary N) is 1. The van der Waals surface area contributed by atoms with Crippen molar-refractivity contribution < 1.29 is 9.13 Å². The van der Waals surface area contributed by atoms with Gasteiger partial charge in [0, 0.05) is 12.1 Å². The summed E-state index contributed by atoms with van der Waals surface area (Å²) in [6.45, 7) is 4.45. The average Bonchev–Trinajstić information content (AvgIpc) is 2.42. The Morgan fingerprint density at radius 1 is 1.26 bits per heavy atom. The van der Waals surface area contributed by atoms with Gasteiger partial charge in [0.2, 0.25) is 0 Å². The van der Waals surface area contributed by atoms with Crippen molar-refractivity contribution in [1.29, 1.82) is 0 Å². The molecule has 1 unspecified atom stereocenters. The van der Waals surface area contributed by atoms with Crippen LogP contribution in [-0.2, 0) is 0 Å². The van der Waals surface area contributed by atoms with Crippen molar-refractivity contribution in [2.75, 3.05) is 7.11 Å². The lowest BCUT2D eigenvalue weighted by molar-refractivity contribution is 0.291. The second-order valence-corrected chi connectivity index (χ2v) is 5.74. The molecule has 0 aromatic heterocycles. The molecule has 0 saturated heterocycles. The Kier molecular flexibility index (Phi) is 4.81. The van der Waals surface area contributed by atoms with Crippen LogP contribution in [0.3, 0.4) is 0 Å². The maximum absolute atomic E-state index is 13.4. The van der Waals surface area contributed by atoms with Crippen LogP contribution in [0.25, 0.3) is 0 Å². The third-order valence-corrected chi connectivity index (χ3v) is 4.18. The monoisotopic (exact) mass is 265 g/mol. The zero-order chi connectivity index (χ0) is 13.8. The fraction of sp³-hybridized carbons (Fsp3) is 0.625. The summed E-state index contributed by atoms with van der Waals surface area (Å²) in [6, 6.07) is 5.92. The van der Waals surface area contributed by atoms with E-state index in [1.54, 1.807) is 6.07 Å². The van der Waals surface area contributed by atoms with Crippen LogP contribution >= 0.6 is 0 Å². The minimum absolute atomic E-state index is 0.230. The number of methoxy groups -OCH3 is 1. The molecule has 0 spiro atoms. The topological polar surface area (TPSA) is 21.3 Å². The molecule has 1 aliphatic rings. The number of benzene rings is 1. The van der Waals surface area contributed by atoms with Crippen molar-refractivity contribution in [3.05, 3.63) is 29.6 Å². The quantitative estimate of drug-likeness (QED) is 0.886. The summed E-state index contributed by atoms with van der Waals surface area (Å²) in [5, 5.41) is 3.65. The molecule has 2 rings (SSSR count). The van der Waals surface area contributed by atoms with Crippen LogP contribution in [0.15, 0.2) is 18.2 Å². The largest absolute Gasteiger partial charge is 0.494 e. The van der Waals surface area contributed by atoms with Gasteiger partial charge in [0.15, 0.2) is 11.6 Å². The molecule has 3 heteroatoms. The van der Waals surface area contributed by atoms with Crippen molar-refractivity contribution >= 4 is 0 Å². The van der Waals surface area contributed by atoms with E-state index < -0.39 is 0 Å². The molecule has 106 valence electrons. The van der Waals surface area contributed by atoms with Crippen LogP contribution in [0.2, 0.25) is 0 Å². The van der Waals surface area contributed by atoms with Gasteiger partial charge >= 0.3 is 0 Å². The minimum atomic E-state index is -0.301. The summed E-state index contributed by atoms with van der Waals surface area (Å²) in [4.78, 5) is 0. The Balaban J connectivity index is 1.97. The molecule has 1 fully saturated rings. The third-order valence-electron chi connectivity index (χ3n) is 4.18. The summed E-state index contributed by atoms with van der Waals surface area (Å²) < 4.78 is 18.4. The van der Waals surface area contributed by atoms with E-state index in [0.717, 1.165) is 11.5 Å². The summed E-state index contributed by atoms with van der Waals surface area (Å²) in [5.74, 6) is 0.882. The highest BCUT2D eigenvalue weighted by molar-refractivity contribution is 5.32. The molecular weight excluding hydrogens is 241 g/mol. The van der Waals surface area contributed by atoms with Crippen molar-refractivity contribution in [2.45, 2.75) is 51.6 Å². The van der Waals surface area contributed by atoms with Crippen LogP contribution in [0.4, 0.5) is 4.39 Å². The van der Waals surface area contributed by atoms with Crippen molar-refractivity contribution in [3.63, 3.8) is 0 Å². The van der Waals surface area contributed by atoms with Gasteiger partial charge in [-0.25, -0.2) is 4.39 Å². The van der Waals surface area contributed by atoms with Gasteiger partial charge in [-0.05, 0) is 56.2 Å². The van der Waals surface area contributed by atoms with E-state index in [9.17, 15) is 4.39 Å². The molecule has 19 heavy (non-hydrogen) atoms. The SMILES string of the molecule is COc1cc(C(C)NC2CCC(C)CC2)ccc1F. The number of hydrogen-bond donors (Lipinski definition) is 1. The predicted octanol–water partition coefficient (Wildman–Crippen LogP) is 4.06. The van der Waals surface area contributed by atoms with Gasteiger partial charge in [-0.2, -0.15) is 0 Å². The lowest BCUT2D eigenvalue weighted by atomic mass is 9.87. The molecule has 0 amide bonds. The van der Waals surface area contributed by atoms with Gasteiger partial charge in [0.25, 0.3) is 0 Å². The molecule has 0 radical (unpaired) electrons. The van der Waals surface area contributed by atoms with Crippen molar-refractivity contribution in [2.24, 2.45) is 5.92 Å².